The van der Waals surface area contributed by atoms with Gasteiger partial charge in [-0.3, -0.25) is 4.79 Å². The van der Waals surface area contributed by atoms with E-state index in [4.69, 9.17) is 25.8 Å². The molecule has 0 aliphatic heterocycles. The highest BCUT2D eigenvalue weighted by molar-refractivity contribution is 6.30. The molecule has 3 rings (SSSR count). The summed E-state index contributed by atoms with van der Waals surface area (Å²) in [4.78, 5) is 12.6. The second-order valence-corrected chi connectivity index (χ2v) is 6.71. The highest BCUT2D eigenvalue weighted by Crippen LogP contribution is 2.29. The molecule has 1 unspecified atom stereocenters. The third kappa shape index (κ3) is 5.20. The maximum atomic E-state index is 12.6. The zero-order valence-electron chi connectivity index (χ0n) is 16.4. The van der Waals surface area contributed by atoms with E-state index in [1.807, 2.05) is 13.0 Å². The van der Waals surface area contributed by atoms with Crippen molar-refractivity contribution >= 4 is 17.5 Å². The number of halogens is 1. The van der Waals surface area contributed by atoms with Gasteiger partial charge in [0.2, 0.25) is 0 Å². The minimum atomic E-state index is -0.303. The van der Waals surface area contributed by atoms with Crippen molar-refractivity contribution in [3.05, 3.63) is 71.0 Å². The number of nitrogens with zero attached hydrogens (tertiary/aromatic N) is 2. The summed E-state index contributed by atoms with van der Waals surface area (Å²) in [5.74, 6) is 1.72. The average molecular weight is 416 g/mol. The van der Waals surface area contributed by atoms with E-state index in [9.17, 15) is 4.79 Å². The van der Waals surface area contributed by atoms with E-state index in [1.54, 1.807) is 67.6 Å². The van der Waals surface area contributed by atoms with Gasteiger partial charge in [-0.2, -0.15) is 5.10 Å². The van der Waals surface area contributed by atoms with Gasteiger partial charge >= 0.3 is 0 Å². The summed E-state index contributed by atoms with van der Waals surface area (Å²) >= 11 is 5.86. The molecule has 29 heavy (non-hydrogen) atoms. The van der Waals surface area contributed by atoms with Gasteiger partial charge in [0.1, 0.15) is 22.9 Å². The first-order valence-corrected chi connectivity index (χ1v) is 9.32. The van der Waals surface area contributed by atoms with Crippen LogP contribution < -0.4 is 19.5 Å². The van der Waals surface area contributed by atoms with Crippen molar-refractivity contribution in [2.24, 2.45) is 0 Å². The van der Waals surface area contributed by atoms with E-state index in [0.717, 1.165) is 5.56 Å². The molecular formula is C21H22ClN3O4. The van der Waals surface area contributed by atoms with Crippen molar-refractivity contribution < 1.29 is 19.0 Å². The van der Waals surface area contributed by atoms with Gasteiger partial charge in [0, 0.05) is 16.8 Å². The fourth-order valence-corrected chi connectivity index (χ4v) is 2.88. The number of hydrogen-bond donors (Lipinski definition) is 1. The molecule has 7 nitrogen and oxygen atoms in total. The monoisotopic (exact) mass is 415 g/mol. The van der Waals surface area contributed by atoms with Gasteiger partial charge in [0.25, 0.3) is 5.91 Å². The number of benzene rings is 2. The predicted octanol–water partition coefficient (Wildman–Crippen LogP) is 4.08. The molecule has 0 spiro atoms. The molecule has 0 saturated carbocycles. The van der Waals surface area contributed by atoms with Crippen LogP contribution in [0.4, 0.5) is 0 Å². The van der Waals surface area contributed by atoms with E-state index in [0.29, 0.717) is 28.0 Å². The van der Waals surface area contributed by atoms with Crippen LogP contribution in [0, 0.1) is 0 Å². The lowest BCUT2D eigenvalue weighted by molar-refractivity contribution is 0.0932. The van der Waals surface area contributed by atoms with Crippen LogP contribution in [0.3, 0.4) is 0 Å². The first-order chi connectivity index (χ1) is 14.0. The number of amides is 1. The number of methoxy groups -OCH3 is 2. The highest BCUT2D eigenvalue weighted by atomic mass is 35.5. The van der Waals surface area contributed by atoms with Crippen LogP contribution in [0.1, 0.15) is 29.0 Å². The zero-order chi connectivity index (χ0) is 20.8. The van der Waals surface area contributed by atoms with E-state index in [-0.39, 0.29) is 18.7 Å². The number of carbonyl (C=O) groups excluding carboxylic acids is 1. The SMILES string of the molecule is COc1ccc(OC)c(C(C)NC(=O)c2ccn(COc3ccc(Cl)cc3)n2)c1. The molecule has 8 heteroatoms. The summed E-state index contributed by atoms with van der Waals surface area (Å²) < 4.78 is 17.8. The largest absolute Gasteiger partial charge is 0.497 e. The number of carbonyl (C=O) groups is 1. The molecule has 0 radical (unpaired) electrons. The van der Waals surface area contributed by atoms with Crippen LogP contribution in [0.2, 0.25) is 5.02 Å². The molecule has 1 heterocycles. The Balaban J connectivity index is 1.63. The highest BCUT2D eigenvalue weighted by Gasteiger charge is 2.18. The summed E-state index contributed by atoms with van der Waals surface area (Å²) in [6, 6.07) is 13.8. The molecule has 1 N–H and O–H groups in total. The quantitative estimate of drug-likeness (QED) is 0.600. The van der Waals surface area contributed by atoms with Crippen molar-refractivity contribution in [1.29, 1.82) is 0 Å². The molecule has 1 aromatic heterocycles. The molecule has 0 aliphatic carbocycles. The smallest absolute Gasteiger partial charge is 0.272 e. The summed E-state index contributed by atoms with van der Waals surface area (Å²) in [5, 5.41) is 7.83. The second-order valence-electron chi connectivity index (χ2n) is 6.27. The Morgan fingerprint density at radius 1 is 1.10 bits per heavy atom. The standard InChI is InChI=1S/C21H22ClN3O4/c1-14(18-12-17(27-2)8-9-20(18)28-3)23-21(26)19-10-11-25(24-19)13-29-16-6-4-15(22)5-7-16/h4-12,14H,13H2,1-3H3,(H,23,26). The minimum absolute atomic E-state index is 0.175. The Kier molecular flexibility index (Phi) is 6.61. The Hall–Kier alpha value is -3.19. The lowest BCUT2D eigenvalue weighted by Gasteiger charge is -2.17. The van der Waals surface area contributed by atoms with Crippen molar-refractivity contribution in [1.82, 2.24) is 15.1 Å². The van der Waals surface area contributed by atoms with Gasteiger partial charge in [0.15, 0.2) is 6.73 Å². The maximum Gasteiger partial charge on any atom is 0.272 e. The van der Waals surface area contributed by atoms with Crippen molar-refractivity contribution in [3.8, 4) is 17.2 Å². The summed E-state index contributed by atoms with van der Waals surface area (Å²) in [6.07, 6.45) is 1.68. The normalized spacial score (nSPS) is 11.6. The molecule has 2 aromatic carbocycles. The van der Waals surface area contributed by atoms with Gasteiger partial charge in [-0.05, 0) is 55.5 Å². The van der Waals surface area contributed by atoms with E-state index < -0.39 is 0 Å². The second kappa shape index (κ2) is 9.34. The third-order valence-electron chi connectivity index (χ3n) is 4.30. The Bertz CT molecular complexity index is 972. The first-order valence-electron chi connectivity index (χ1n) is 8.94. The minimum Gasteiger partial charge on any atom is -0.497 e. The molecule has 1 amide bonds. The van der Waals surface area contributed by atoms with Crippen molar-refractivity contribution in [3.63, 3.8) is 0 Å². The molecule has 3 aromatic rings. The molecule has 0 fully saturated rings. The topological polar surface area (TPSA) is 74.6 Å². The predicted molar refractivity (Wildman–Crippen MR) is 110 cm³/mol. The number of hydrogen-bond acceptors (Lipinski definition) is 5. The van der Waals surface area contributed by atoms with Gasteiger partial charge in [-0.1, -0.05) is 11.6 Å². The summed E-state index contributed by atoms with van der Waals surface area (Å²) in [5.41, 5.74) is 1.10. The Morgan fingerprint density at radius 2 is 1.83 bits per heavy atom. The van der Waals surface area contributed by atoms with Gasteiger partial charge < -0.3 is 19.5 Å². The maximum absolute atomic E-state index is 12.6. The fraction of sp³-hybridized carbons (Fsp3) is 0.238. The van der Waals surface area contributed by atoms with Crippen molar-refractivity contribution in [2.45, 2.75) is 19.7 Å². The van der Waals surface area contributed by atoms with Crippen LogP contribution in [0.25, 0.3) is 0 Å². The van der Waals surface area contributed by atoms with Crippen LogP contribution in [0.5, 0.6) is 17.2 Å². The number of ether oxygens (including phenoxy) is 3. The van der Waals surface area contributed by atoms with Crippen molar-refractivity contribution in [2.75, 3.05) is 14.2 Å². The Labute approximate surface area is 174 Å². The molecular weight excluding hydrogens is 394 g/mol. The van der Waals surface area contributed by atoms with Crippen LogP contribution >= 0.6 is 11.6 Å². The van der Waals surface area contributed by atoms with Crippen LogP contribution in [0.15, 0.2) is 54.7 Å². The fourth-order valence-electron chi connectivity index (χ4n) is 2.75. The lowest BCUT2D eigenvalue weighted by atomic mass is 10.1. The lowest BCUT2D eigenvalue weighted by Crippen LogP contribution is -2.27. The summed E-state index contributed by atoms with van der Waals surface area (Å²) in [7, 11) is 3.18. The van der Waals surface area contributed by atoms with Crippen LogP contribution in [-0.2, 0) is 6.73 Å². The Morgan fingerprint density at radius 3 is 2.52 bits per heavy atom. The molecule has 0 saturated heterocycles. The zero-order valence-corrected chi connectivity index (χ0v) is 17.1. The number of aromatic nitrogens is 2. The van der Waals surface area contributed by atoms with Crippen LogP contribution in [-0.4, -0.2) is 29.9 Å². The van der Waals surface area contributed by atoms with E-state index >= 15 is 0 Å². The molecule has 0 bridgehead atoms. The van der Waals surface area contributed by atoms with Gasteiger partial charge in [-0.25, -0.2) is 4.68 Å². The van der Waals surface area contributed by atoms with E-state index in [1.165, 1.54) is 0 Å². The van der Waals surface area contributed by atoms with Gasteiger partial charge in [0.05, 0.1) is 20.3 Å². The molecule has 152 valence electrons. The first kappa shape index (κ1) is 20.5. The third-order valence-corrected chi connectivity index (χ3v) is 4.55. The van der Waals surface area contributed by atoms with Gasteiger partial charge in [-0.15, -0.1) is 0 Å². The molecule has 0 aliphatic rings. The molecule has 1 atom stereocenters. The summed E-state index contributed by atoms with van der Waals surface area (Å²) in [6.45, 7) is 2.05. The number of rotatable bonds is 8. The van der Waals surface area contributed by atoms with E-state index in [2.05, 4.69) is 10.4 Å². The average Bonchev–Trinajstić information content (AvgIpc) is 3.22. The number of nitrogens with one attached hydrogen (secondary N) is 1.